The van der Waals surface area contributed by atoms with E-state index in [4.69, 9.17) is 4.74 Å². The lowest BCUT2D eigenvalue weighted by Crippen LogP contribution is -2.15. The van der Waals surface area contributed by atoms with Gasteiger partial charge in [-0.3, -0.25) is 9.78 Å². The highest BCUT2D eigenvalue weighted by Crippen LogP contribution is 2.24. The van der Waals surface area contributed by atoms with Gasteiger partial charge in [-0.2, -0.15) is 5.10 Å². The standard InChI is InChI=1S/C22H18N4O2/c1-28-18-11-7-8-16(14-18)22(27)24-21-15-20(19-12-5-6-13-23-19)25-26(21)17-9-3-2-4-10-17/h2-15H,1H3,(H,24,27). The molecule has 28 heavy (non-hydrogen) atoms. The van der Waals surface area contributed by atoms with E-state index in [1.165, 1.54) is 0 Å². The molecule has 4 aromatic rings. The maximum absolute atomic E-state index is 12.8. The van der Waals surface area contributed by atoms with Crippen molar-refractivity contribution < 1.29 is 9.53 Å². The van der Waals surface area contributed by atoms with Crippen LogP contribution in [0.5, 0.6) is 5.75 Å². The molecule has 0 unspecified atom stereocenters. The molecule has 0 spiro atoms. The number of aromatic nitrogens is 3. The van der Waals surface area contributed by atoms with Gasteiger partial charge in [-0.15, -0.1) is 0 Å². The Kier molecular flexibility index (Phi) is 4.84. The van der Waals surface area contributed by atoms with Crippen LogP contribution in [0.25, 0.3) is 17.1 Å². The number of benzene rings is 2. The number of ether oxygens (including phenoxy) is 1. The fourth-order valence-electron chi connectivity index (χ4n) is 2.83. The summed E-state index contributed by atoms with van der Waals surface area (Å²) in [7, 11) is 1.57. The molecular weight excluding hydrogens is 352 g/mol. The highest BCUT2D eigenvalue weighted by molar-refractivity contribution is 6.04. The van der Waals surface area contributed by atoms with E-state index < -0.39 is 0 Å². The van der Waals surface area contributed by atoms with Gasteiger partial charge in [0.25, 0.3) is 5.91 Å². The summed E-state index contributed by atoms with van der Waals surface area (Å²) in [5.41, 5.74) is 2.74. The van der Waals surface area contributed by atoms with Gasteiger partial charge in [-0.25, -0.2) is 4.68 Å². The summed E-state index contributed by atoms with van der Waals surface area (Å²) in [5.74, 6) is 0.932. The average Bonchev–Trinajstić information content (AvgIpc) is 3.19. The second kappa shape index (κ2) is 7.75. The molecule has 6 heteroatoms. The van der Waals surface area contributed by atoms with E-state index in [-0.39, 0.29) is 5.91 Å². The van der Waals surface area contributed by atoms with Gasteiger partial charge < -0.3 is 10.1 Å². The first-order chi connectivity index (χ1) is 13.7. The molecule has 2 heterocycles. The van der Waals surface area contributed by atoms with Crippen LogP contribution in [0.15, 0.2) is 85.1 Å². The molecule has 0 bridgehead atoms. The van der Waals surface area contributed by atoms with E-state index >= 15 is 0 Å². The monoisotopic (exact) mass is 370 g/mol. The minimum atomic E-state index is -0.247. The van der Waals surface area contributed by atoms with Crippen LogP contribution in [-0.2, 0) is 0 Å². The molecule has 0 aliphatic heterocycles. The second-order valence-electron chi connectivity index (χ2n) is 6.06. The van der Waals surface area contributed by atoms with Crippen molar-refractivity contribution in [3.63, 3.8) is 0 Å². The lowest BCUT2D eigenvalue weighted by molar-refractivity contribution is 0.102. The molecule has 0 radical (unpaired) electrons. The number of anilines is 1. The first-order valence-corrected chi connectivity index (χ1v) is 8.77. The van der Waals surface area contributed by atoms with Crippen LogP contribution in [0.1, 0.15) is 10.4 Å². The van der Waals surface area contributed by atoms with Crippen LogP contribution in [0.3, 0.4) is 0 Å². The van der Waals surface area contributed by atoms with Crippen molar-refractivity contribution in [3.8, 4) is 22.8 Å². The van der Waals surface area contributed by atoms with Gasteiger partial charge in [-0.05, 0) is 42.5 Å². The number of rotatable bonds is 5. The summed E-state index contributed by atoms with van der Waals surface area (Å²) in [6.07, 6.45) is 1.71. The third-order valence-corrected chi connectivity index (χ3v) is 4.21. The Morgan fingerprint density at radius 3 is 2.50 bits per heavy atom. The molecule has 0 fully saturated rings. The zero-order valence-corrected chi connectivity index (χ0v) is 15.2. The summed E-state index contributed by atoms with van der Waals surface area (Å²) in [6, 6.07) is 24.1. The van der Waals surface area contributed by atoms with Crippen LogP contribution < -0.4 is 10.1 Å². The molecule has 1 N–H and O–H groups in total. The fourth-order valence-corrected chi connectivity index (χ4v) is 2.83. The molecule has 1 amide bonds. The number of hydrogen-bond acceptors (Lipinski definition) is 4. The van der Waals surface area contributed by atoms with Gasteiger partial charge in [0.2, 0.25) is 0 Å². The highest BCUT2D eigenvalue weighted by Gasteiger charge is 2.15. The number of hydrogen-bond donors (Lipinski definition) is 1. The topological polar surface area (TPSA) is 69.0 Å². The average molecular weight is 370 g/mol. The smallest absolute Gasteiger partial charge is 0.256 e. The third kappa shape index (κ3) is 3.61. The van der Waals surface area contributed by atoms with Crippen LogP contribution in [0.4, 0.5) is 5.82 Å². The summed E-state index contributed by atoms with van der Waals surface area (Å²) in [6.45, 7) is 0. The largest absolute Gasteiger partial charge is 0.497 e. The molecule has 2 aromatic carbocycles. The van der Waals surface area contributed by atoms with Crippen molar-refractivity contribution in [2.45, 2.75) is 0 Å². The van der Waals surface area contributed by atoms with Crippen LogP contribution >= 0.6 is 0 Å². The molecule has 0 aliphatic rings. The third-order valence-electron chi connectivity index (χ3n) is 4.21. The number of para-hydroxylation sites is 1. The Balaban J connectivity index is 1.72. The first-order valence-electron chi connectivity index (χ1n) is 8.77. The van der Waals surface area contributed by atoms with Crippen molar-refractivity contribution in [1.82, 2.24) is 14.8 Å². The number of pyridine rings is 1. The number of nitrogens with zero attached hydrogens (tertiary/aromatic N) is 3. The quantitative estimate of drug-likeness (QED) is 0.572. The van der Waals surface area contributed by atoms with Gasteiger partial charge in [0.1, 0.15) is 17.3 Å². The van der Waals surface area contributed by atoms with Gasteiger partial charge in [-0.1, -0.05) is 30.3 Å². The maximum Gasteiger partial charge on any atom is 0.256 e. The van der Waals surface area contributed by atoms with Crippen molar-refractivity contribution in [1.29, 1.82) is 0 Å². The van der Waals surface area contributed by atoms with Crippen molar-refractivity contribution in [2.75, 3.05) is 12.4 Å². The van der Waals surface area contributed by atoms with Crippen LogP contribution in [-0.4, -0.2) is 27.8 Å². The summed E-state index contributed by atoms with van der Waals surface area (Å²) in [5, 5.41) is 7.59. The SMILES string of the molecule is COc1cccc(C(=O)Nc2cc(-c3ccccn3)nn2-c2ccccc2)c1. The Bertz CT molecular complexity index is 1090. The molecular formula is C22H18N4O2. The Morgan fingerprint density at radius 2 is 1.75 bits per heavy atom. The lowest BCUT2D eigenvalue weighted by Gasteiger charge is -2.09. The Morgan fingerprint density at radius 1 is 0.929 bits per heavy atom. The van der Waals surface area contributed by atoms with E-state index in [1.54, 1.807) is 42.3 Å². The van der Waals surface area contributed by atoms with Gasteiger partial charge in [0, 0.05) is 17.8 Å². The van der Waals surface area contributed by atoms with E-state index in [1.807, 2.05) is 54.6 Å². The fraction of sp³-hybridized carbons (Fsp3) is 0.0455. The van der Waals surface area contributed by atoms with Crippen molar-refractivity contribution in [2.24, 2.45) is 0 Å². The Hall–Kier alpha value is -3.93. The predicted molar refractivity (Wildman–Crippen MR) is 108 cm³/mol. The van der Waals surface area contributed by atoms with Crippen LogP contribution in [0.2, 0.25) is 0 Å². The van der Waals surface area contributed by atoms with Crippen LogP contribution in [0, 0.1) is 0 Å². The van der Waals surface area contributed by atoms with E-state index in [2.05, 4.69) is 15.4 Å². The second-order valence-corrected chi connectivity index (χ2v) is 6.06. The Labute approximate surface area is 162 Å². The first kappa shape index (κ1) is 17.5. The normalized spacial score (nSPS) is 10.5. The van der Waals surface area contributed by atoms with Gasteiger partial charge in [0.05, 0.1) is 18.5 Å². The number of carbonyl (C=O) groups is 1. The van der Waals surface area contributed by atoms with E-state index in [0.717, 1.165) is 11.4 Å². The molecule has 0 saturated carbocycles. The predicted octanol–water partition coefficient (Wildman–Crippen LogP) is 4.20. The summed E-state index contributed by atoms with van der Waals surface area (Å²) in [4.78, 5) is 17.1. The molecule has 0 saturated heterocycles. The minimum absolute atomic E-state index is 0.247. The van der Waals surface area contributed by atoms with E-state index in [0.29, 0.717) is 22.8 Å². The molecule has 4 rings (SSSR count). The molecule has 0 atom stereocenters. The number of amides is 1. The molecule has 0 aliphatic carbocycles. The number of methoxy groups -OCH3 is 1. The molecule has 6 nitrogen and oxygen atoms in total. The summed E-state index contributed by atoms with van der Waals surface area (Å²) < 4.78 is 6.90. The molecule has 138 valence electrons. The number of nitrogens with one attached hydrogen (secondary N) is 1. The highest BCUT2D eigenvalue weighted by atomic mass is 16.5. The zero-order valence-electron chi connectivity index (χ0n) is 15.2. The summed E-state index contributed by atoms with van der Waals surface area (Å²) >= 11 is 0. The maximum atomic E-state index is 12.8. The van der Waals surface area contributed by atoms with Crippen molar-refractivity contribution in [3.05, 3.63) is 90.6 Å². The zero-order chi connectivity index (χ0) is 19.3. The lowest BCUT2D eigenvalue weighted by atomic mass is 10.2. The van der Waals surface area contributed by atoms with Gasteiger partial charge in [0.15, 0.2) is 0 Å². The van der Waals surface area contributed by atoms with E-state index in [9.17, 15) is 4.79 Å². The van der Waals surface area contributed by atoms with Crippen molar-refractivity contribution >= 4 is 11.7 Å². The van der Waals surface area contributed by atoms with Gasteiger partial charge >= 0.3 is 0 Å². The number of carbonyl (C=O) groups excluding carboxylic acids is 1. The minimum Gasteiger partial charge on any atom is -0.497 e. The molecule has 2 aromatic heterocycles.